The minimum atomic E-state index is -0.563. The summed E-state index contributed by atoms with van der Waals surface area (Å²) in [6.45, 7) is 3.23. The van der Waals surface area contributed by atoms with Crippen molar-refractivity contribution in [1.29, 1.82) is 0 Å². The third-order valence-electron chi connectivity index (χ3n) is 3.31. The van der Waals surface area contributed by atoms with E-state index < -0.39 is 5.91 Å². The Morgan fingerprint density at radius 2 is 2.35 bits per heavy atom. The van der Waals surface area contributed by atoms with Gasteiger partial charge in [0.2, 0.25) is 11.8 Å². The predicted octanol–water partition coefficient (Wildman–Crippen LogP) is 1.26. The van der Waals surface area contributed by atoms with Crippen LogP contribution in [0.5, 0.6) is 0 Å². The fraction of sp³-hybridized carbons (Fsp3) is 0.462. The van der Waals surface area contributed by atoms with Gasteiger partial charge in [-0.05, 0) is 12.5 Å². The summed E-state index contributed by atoms with van der Waals surface area (Å²) < 4.78 is 0. The monoisotopic (exact) mass is 296 g/mol. The first-order valence-corrected chi connectivity index (χ1v) is 6.88. The number of rotatable bonds is 4. The number of nitrogens with two attached hydrogens (primary N) is 1. The van der Waals surface area contributed by atoms with Crippen molar-refractivity contribution in [2.24, 2.45) is 5.73 Å². The molecule has 0 bridgehead atoms. The number of anilines is 1. The lowest BCUT2D eigenvalue weighted by molar-refractivity contribution is -0.129. The number of aromatic nitrogens is 1. The summed E-state index contributed by atoms with van der Waals surface area (Å²) in [6.07, 6.45) is 2.75. The highest BCUT2D eigenvalue weighted by molar-refractivity contribution is 6.33. The molecule has 2 heterocycles. The van der Waals surface area contributed by atoms with Gasteiger partial charge in [0, 0.05) is 31.7 Å². The van der Waals surface area contributed by atoms with Gasteiger partial charge < -0.3 is 16.0 Å². The van der Waals surface area contributed by atoms with Gasteiger partial charge in [0.15, 0.2) is 0 Å². The van der Waals surface area contributed by atoms with Crippen molar-refractivity contribution in [1.82, 2.24) is 9.88 Å². The van der Waals surface area contributed by atoms with Gasteiger partial charge in [-0.15, -0.1) is 0 Å². The molecule has 1 fully saturated rings. The summed E-state index contributed by atoms with van der Waals surface area (Å²) in [5.41, 5.74) is 5.43. The van der Waals surface area contributed by atoms with Gasteiger partial charge in [0.1, 0.15) is 5.82 Å². The van der Waals surface area contributed by atoms with Crippen LogP contribution in [-0.2, 0) is 4.79 Å². The summed E-state index contributed by atoms with van der Waals surface area (Å²) in [5, 5.41) is 3.54. The topological polar surface area (TPSA) is 88.3 Å². The second-order valence-corrected chi connectivity index (χ2v) is 5.15. The molecule has 0 aromatic carbocycles. The first-order chi connectivity index (χ1) is 9.51. The maximum absolute atomic E-state index is 11.6. The average Bonchev–Trinajstić information content (AvgIpc) is 2.88. The zero-order valence-corrected chi connectivity index (χ0v) is 12.0. The summed E-state index contributed by atoms with van der Waals surface area (Å²) in [7, 11) is 0. The van der Waals surface area contributed by atoms with E-state index in [0.717, 1.165) is 13.0 Å². The molecular formula is C13H17ClN4O2. The number of hydrogen-bond donors (Lipinski definition) is 2. The maximum Gasteiger partial charge on any atom is 0.250 e. The minimum absolute atomic E-state index is 0.120. The number of carbonyl (C=O) groups is 2. The molecule has 2 rings (SSSR count). The van der Waals surface area contributed by atoms with Gasteiger partial charge in [-0.25, -0.2) is 4.98 Å². The van der Waals surface area contributed by atoms with E-state index in [1.54, 1.807) is 0 Å². The predicted molar refractivity (Wildman–Crippen MR) is 76.7 cm³/mol. The van der Waals surface area contributed by atoms with Crippen molar-refractivity contribution in [2.45, 2.75) is 25.8 Å². The highest BCUT2D eigenvalue weighted by Crippen LogP contribution is 2.23. The van der Waals surface area contributed by atoms with Crippen molar-refractivity contribution in [3.63, 3.8) is 0 Å². The standard InChI is InChI=1S/C13H17ClN4O2/c1-2-11(19)18-4-3-9(7-18)17-13-10(14)5-8(6-16-13)12(15)20/h5-6,9H,2-4,7H2,1H3,(H2,15,20)(H,16,17). The van der Waals surface area contributed by atoms with E-state index in [2.05, 4.69) is 10.3 Å². The zero-order valence-electron chi connectivity index (χ0n) is 11.2. The van der Waals surface area contributed by atoms with Gasteiger partial charge in [-0.3, -0.25) is 9.59 Å². The third-order valence-corrected chi connectivity index (χ3v) is 3.60. The van der Waals surface area contributed by atoms with E-state index in [4.69, 9.17) is 17.3 Å². The lowest BCUT2D eigenvalue weighted by atomic mass is 10.2. The second kappa shape index (κ2) is 6.09. The highest BCUT2D eigenvalue weighted by Gasteiger charge is 2.25. The second-order valence-electron chi connectivity index (χ2n) is 4.74. The van der Waals surface area contributed by atoms with Gasteiger partial charge >= 0.3 is 0 Å². The molecule has 0 radical (unpaired) electrons. The molecule has 0 saturated carbocycles. The average molecular weight is 297 g/mol. The number of pyridine rings is 1. The van der Waals surface area contributed by atoms with E-state index in [-0.39, 0.29) is 17.5 Å². The SMILES string of the molecule is CCC(=O)N1CCC(Nc2ncc(C(N)=O)cc2Cl)C1. The number of primary amides is 1. The molecule has 0 aliphatic carbocycles. The molecule has 1 atom stereocenters. The molecule has 1 saturated heterocycles. The van der Waals surface area contributed by atoms with Crippen LogP contribution < -0.4 is 11.1 Å². The molecular weight excluding hydrogens is 280 g/mol. The van der Waals surface area contributed by atoms with Crippen LogP contribution in [0.3, 0.4) is 0 Å². The van der Waals surface area contributed by atoms with E-state index in [1.165, 1.54) is 12.3 Å². The van der Waals surface area contributed by atoms with Gasteiger partial charge in [-0.1, -0.05) is 18.5 Å². The maximum atomic E-state index is 11.6. The Labute approximate surface area is 122 Å². The van der Waals surface area contributed by atoms with Gasteiger partial charge in [-0.2, -0.15) is 0 Å². The normalized spacial score (nSPS) is 18.1. The molecule has 1 aliphatic rings. The molecule has 6 nitrogen and oxygen atoms in total. The summed E-state index contributed by atoms with van der Waals surface area (Å²) in [4.78, 5) is 28.6. The molecule has 7 heteroatoms. The Balaban J connectivity index is 2.01. The Morgan fingerprint density at radius 1 is 1.60 bits per heavy atom. The number of nitrogens with zero attached hydrogens (tertiary/aromatic N) is 2. The number of nitrogens with one attached hydrogen (secondary N) is 1. The smallest absolute Gasteiger partial charge is 0.250 e. The highest BCUT2D eigenvalue weighted by atomic mass is 35.5. The summed E-state index contributed by atoms with van der Waals surface area (Å²) in [5.74, 6) is 0.0939. The number of amides is 2. The molecule has 20 heavy (non-hydrogen) atoms. The van der Waals surface area contributed by atoms with Crippen LogP contribution >= 0.6 is 11.6 Å². The first-order valence-electron chi connectivity index (χ1n) is 6.51. The Morgan fingerprint density at radius 3 is 2.95 bits per heavy atom. The van der Waals surface area contributed by atoms with E-state index >= 15 is 0 Å². The molecule has 108 valence electrons. The molecule has 2 amide bonds. The third kappa shape index (κ3) is 3.19. The fourth-order valence-electron chi connectivity index (χ4n) is 2.20. The van der Waals surface area contributed by atoms with Gasteiger partial charge in [0.05, 0.1) is 10.6 Å². The minimum Gasteiger partial charge on any atom is -0.366 e. The molecule has 0 spiro atoms. The lowest BCUT2D eigenvalue weighted by Crippen LogP contribution is -2.31. The van der Waals surface area contributed by atoms with Crippen LogP contribution in [0.4, 0.5) is 5.82 Å². The van der Waals surface area contributed by atoms with Crippen LogP contribution in [0.15, 0.2) is 12.3 Å². The molecule has 1 aromatic heterocycles. The van der Waals surface area contributed by atoms with Crippen molar-refractivity contribution in [2.75, 3.05) is 18.4 Å². The van der Waals surface area contributed by atoms with E-state index in [9.17, 15) is 9.59 Å². The van der Waals surface area contributed by atoms with Crippen molar-refractivity contribution in [3.05, 3.63) is 22.8 Å². The van der Waals surface area contributed by atoms with Crippen LogP contribution in [0.1, 0.15) is 30.1 Å². The van der Waals surface area contributed by atoms with Crippen LogP contribution in [0.25, 0.3) is 0 Å². The van der Waals surface area contributed by atoms with E-state index in [1.807, 2.05) is 11.8 Å². The molecule has 1 unspecified atom stereocenters. The van der Waals surface area contributed by atoms with E-state index in [0.29, 0.717) is 23.8 Å². The van der Waals surface area contributed by atoms with Crippen LogP contribution in [0.2, 0.25) is 5.02 Å². The summed E-state index contributed by atoms with van der Waals surface area (Å²) in [6, 6.07) is 1.61. The van der Waals surface area contributed by atoms with Gasteiger partial charge in [0.25, 0.3) is 0 Å². The largest absolute Gasteiger partial charge is 0.366 e. The number of halogens is 1. The fourth-order valence-corrected chi connectivity index (χ4v) is 2.42. The number of hydrogen-bond acceptors (Lipinski definition) is 4. The lowest BCUT2D eigenvalue weighted by Gasteiger charge is -2.17. The van der Waals surface area contributed by atoms with Crippen LogP contribution in [0, 0.1) is 0 Å². The Bertz CT molecular complexity index is 535. The zero-order chi connectivity index (χ0) is 14.7. The Hall–Kier alpha value is -1.82. The van der Waals surface area contributed by atoms with Crippen molar-refractivity contribution >= 4 is 29.2 Å². The van der Waals surface area contributed by atoms with Crippen molar-refractivity contribution < 1.29 is 9.59 Å². The Kier molecular flexibility index (Phi) is 4.44. The molecule has 1 aliphatic heterocycles. The van der Waals surface area contributed by atoms with Crippen molar-refractivity contribution in [3.8, 4) is 0 Å². The number of likely N-dealkylation sites (tertiary alicyclic amines) is 1. The molecule has 3 N–H and O–H groups in total. The molecule has 1 aromatic rings. The quantitative estimate of drug-likeness (QED) is 0.875. The summed E-state index contributed by atoms with van der Waals surface area (Å²) >= 11 is 6.06. The first kappa shape index (κ1) is 14.6. The number of carbonyl (C=O) groups excluding carboxylic acids is 2. The van der Waals surface area contributed by atoms with Crippen LogP contribution in [-0.4, -0.2) is 40.8 Å².